The van der Waals surface area contributed by atoms with Crippen molar-refractivity contribution in [3.8, 4) is 0 Å². The highest BCUT2D eigenvalue weighted by Gasteiger charge is 2.32. The van der Waals surface area contributed by atoms with E-state index in [2.05, 4.69) is 16.4 Å². The number of ether oxygens (including phenoxy) is 1. The number of aryl methyl sites for hydroxylation is 1. The number of nitrogens with one attached hydrogen (secondary N) is 1. The molecule has 1 N–H and O–H groups in total. The van der Waals surface area contributed by atoms with Crippen LogP contribution >= 0.6 is 0 Å². The molecule has 1 aromatic heterocycles. The lowest BCUT2D eigenvalue weighted by molar-refractivity contribution is 0.0494. The van der Waals surface area contributed by atoms with E-state index >= 15 is 0 Å². The second-order valence-electron chi connectivity index (χ2n) is 6.84. The Balaban J connectivity index is 1.76. The lowest BCUT2D eigenvalue weighted by atomic mass is 10.0. The summed E-state index contributed by atoms with van der Waals surface area (Å²) in [6.07, 6.45) is 8.91. The Kier molecular flexibility index (Phi) is 5.21. The van der Waals surface area contributed by atoms with Gasteiger partial charge in [-0.15, -0.1) is 0 Å². The van der Waals surface area contributed by atoms with Crippen molar-refractivity contribution in [3.05, 3.63) is 30.1 Å². The summed E-state index contributed by atoms with van der Waals surface area (Å²) in [6.45, 7) is 5.67. The Morgan fingerprint density at radius 3 is 2.81 bits per heavy atom. The van der Waals surface area contributed by atoms with Crippen LogP contribution < -0.4 is 5.32 Å². The van der Waals surface area contributed by atoms with E-state index in [0.29, 0.717) is 5.92 Å². The molecular weight excluding hydrogens is 264 g/mol. The van der Waals surface area contributed by atoms with Crippen molar-refractivity contribution in [1.82, 2.24) is 10.3 Å². The van der Waals surface area contributed by atoms with Gasteiger partial charge in [0.25, 0.3) is 0 Å². The number of hydrogen-bond donors (Lipinski definition) is 1. The van der Waals surface area contributed by atoms with Gasteiger partial charge < -0.3 is 10.1 Å². The first-order valence-electron chi connectivity index (χ1n) is 7.82. The number of pyridine rings is 1. The van der Waals surface area contributed by atoms with Gasteiger partial charge in [0.2, 0.25) is 0 Å². The first kappa shape index (κ1) is 15.8. The first-order valence-corrected chi connectivity index (χ1v) is 7.82. The van der Waals surface area contributed by atoms with Crippen molar-refractivity contribution in [2.75, 3.05) is 0 Å². The van der Waals surface area contributed by atoms with Gasteiger partial charge in [-0.2, -0.15) is 0 Å². The van der Waals surface area contributed by atoms with Gasteiger partial charge in [-0.3, -0.25) is 4.98 Å². The van der Waals surface area contributed by atoms with E-state index in [1.54, 1.807) is 6.20 Å². The molecule has 0 spiro atoms. The zero-order valence-corrected chi connectivity index (χ0v) is 13.3. The molecule has 21 heavy (non-hydrogen) atoms. The highest BCUT2D eigenvalue weighted by Crippen LogP contribution is 2.34. The quantitative estimate of drug-likeness (QED) is 0.869. The Hall–Kier alpha value is -1.58. The number of rotatable bonds is 6. The van der Waals surface area contributed by atoms with Crippen LogP contribution in [-0.2, 0) is 11.2 Å². The van der Waals surface area contributed by atoms with Gasteiger partial charge in [-0.1, -0.05) is 6.07 Å². The fourth-order valence-corrected chi connectivity index (χ4v) is 2.46. The standard InChI is InChI=1S/C17H26N2O2/c1-17(2,3)21-16(20)19-15(14-9-10-14)8-4-6-13-7-5-11-18-12-13/h5,7,11-12,14-15H,4,6,8-10H2,1-3H3,(H,19,20)/t15-/m1/s1. The van der Waals surface area contributed by atoms with Crippen LogP contribution in [0.1, 0.15) is 52.0 Å². The molecule has 0 radical (unpaired) electrons. The lowest BCUT2D eigenvalue weighted by Gasteiger charge is -2.23. The Morgan fingerprint density at radius 1 is 1.48 bits per heavy atom. The summed E-state index contributed by atoms with van der Waals surface area (Å²) < 4.78 is 5.35. The predicted octanol–water partition coefficient (Wildman–Crippen LogP) is 3.71. The summed E-state index contributed by atoms with van der Waals surface area (Å²) in [5.74, 6) is 0.631. The highest BCUT2D eigenvalue weighted by molar-refractivity contribution is 5.68. The van der Waals surface area contributed by atoms with Crippen LogP contribution in [0.15, 0.2) is 24.5 Å². The summed E-state index contributed by atoms with van der Waals surface area (Å²) >= 11 is 0. The molecule has 0 unspecified atom stereocenters. The smallest absolute Gasteiger partial charge is 0.407 e. The highest BCUT2D eigenvalue weighted by atomic mass is 16.6. The molecule has 0 bridgehead atoms. The first-order chi connectivity index (χ1) is 9.94. The third-order valence-corrected chi connectivity index (χ3v) is 3.60. The van der Waals surface area contributed by atoms with Crippen LogP contribution in [0.4, 0.5) is 4.79 Å². The molecular formula is C17H26N2O2. The average Bonchev–Trinajstić information content (AvgIpc) is 3.21. The molecule has 4 nitrogen and oxygen atoms in total. The molecule has 1 atom stereocenters. The van der Waals surface area contributed by atoms with Gasteiger partial charge >= 0.3 is 6.09 Å². The molecule has 2 rings (SSSR count). The molecule has 1 aliphatic rings. The number of carbonyl (C=O) groups excluding carboxylic acids is 1. The van der Waals surface area contributed by atoms with E-state index in [9.17, 15) is 4.79 Å². The number of aromatic nitrogens is 1. The number of amides is 1. The maximum Gasteiger partial charge on any atom is 0.407 e. The molecule has 0 saturated heterocycles. The Morgan fingerprint density at radius 2 is 2.24 bits per heavy atom. The molecule has 1 aliphatic carbocycles. The zero-order chi connectivity index (χ0) is 15.3. The van der Waals surface area contributed by atoms with Crippen LogP contribution in [-0.4, -0.2) is 22.7 Å². The van der Waals surface area contributed by atoms with E-state index in [1.807, 2.05) is 33.0 Å². The van der Waals surface area contributed by atoms with Crippen LogP contribution in [0.3, 0.4) is 0 Å². The van der Waals surface area contributed by atoms with Crippen molar-refractivity contribution in [3.63, 3.8) is 0 Å². The average molecular weight is 290 g/mol. The van der Waals surface area contributed by atoms with Gasteiger partial charge in [0, 0.05) is 18.4 Å². The molecule has 1 saturated carbocycles. The summed E-state index contributed by atoms with van der Waals surface area (Å²) in [7, 11) is 0. The minimum Gasteiger partial charge on any atom is -0.444 e. The Labute approximate surface area is 127 Å². The van der Waals surface area contributed by atoms with Gasteiger partial charge in [-0.05, 0) is 70.4 Å². The molecule has 1 heterocycles. The van der Waals surface area contributed by atoms with E-state index in [1.165, 1.54) is 18.4 Å². The summed E-state index contributed by atoms with van der Waals surface area (Å²) in [6, 6.07) is 4.31. The fraction of sp³-hybridized carbons (Fsp3) is 0.647. The molecule has 4 heteroatoms. The third-order valence-electron chi connectivity index (χ3n) is 3.60. The molecule has 0 aromatic carbocycles. The van der Waals surface area contributed by atoms with Crippen LogP contribution in [0.25, 0.3) is 0 Å². The van der Waals surface area contributed by atoms with Crippen LogP contribution in [0.2, 0.25) is 0 Å². The molecule has 1 fully saturated rings. The van der Waals surface area contributed by atoms with Gasteiger partial charge in [0.05, 0.1) is 0 Å². The summed E-state index contributed by atoms with van der Waals surface area (Å²) in [4.78, 5) is 16.0. The largest absolute Gasteiger partial charge is 0.444 e. The molecule has 1 amide bonds. The number of nitrogens with zero attached hydrogens (tertiary/aromatic N) is 1. The maximum atomic E-state index is 11.9. The monoisotopic (exact) mass is 290 g/mol. The molecule has 116 valence electrons. The van der Waals surface area contributed by atoms with E-state index in [0.717, 1.165) is 19.3 Å². The minimum absolute atomic E-state index is 0.247. The molecule has 1 aromatic rings. The third kappa shape index (κ3) is 6.15. The second kappa shape index (κ2) is 6.92. The van der Waals surface area contributed by atoms with Gasteiger partial charge in [0.1, 0.15) is 5.60 Å². The molecule has 0 aliphatic heterocycles. The lowest BCUT2D eigenvalue weighted by Crippen LogP contribution is -2.40. The number of carbonyl (C=O) groups is 1. The van der Waals surface area contributed by atoms with Crippen molar-refractivity contribution in [2.24, 2.45) is 5.92 Å². The SMILES string of the molecule is CC(C)(C)OC(=O)N[C@H](CCCc1cccnc1)C1CC1. The fourth-order valence-electron chi connectivity index (χ4n) is 2.46. The van der Waals surface area contributed by atoms with E-state index < -0.39 is 5.60 Å². The van der Waals surface area contributed by atoms with Crippen LogP contribution in [0, 0.1) is 5.92 Å². The number of alkyl carbamates (subject to hydrolysis) is 1. The predicted molar refractivity (Wildman–Crippen MR) is 83.1 cm³/mol. The van der Waals surface area contributed by atoms with Crippen molar-refractivity contribution >= 4 is 6.09 Å². The van der Waals surface area contributed by atoms with Gasteiger partial charge in [-0.25, -0.2) is 4.79 Å². The van der Waals surface area contributed by atoms with E-state index in [4.69, 9.17) is 4.74 Å². The minimum atomic E-state index is -0.437. The second-order valence-corrected chi connectivity index (χ2v) is 6.84. The number of hydrogen-bond acceptors (Lipinski definition) is 3. The van der Waals surface area contributed by atoms with Crippen molar-refractivity contribution < 1.29 is 9.53 Å². The van der Waals surface area contributed by atoms with Crippen LogP contribution in [0.5, 0.6) is 0 Å². The van der Waals surface area contributed by atoms with Gasteiger partial charge in [0.15, 0.2) is 0 Å². The van der Waals surface area contributed by atoms with Crippen molar-refractivity contribution in [2.45, 2.75) is 64.5 Å². The van der Waals surface area contributed by atoms with E-state index in [-0.39, 0.29) is 12.1 Å². The summed E-state index contributed by atoms with van der Waals surface area (Å²) in [5, 5.41) is 3.04. The van der Waals surface area contributed by atoms with Crippen molar-refractivity contribution in [1.29, 1.82) is 0 Å². The summed E-state index contributed by atoms with van der Waals surface area (Å²) in [5.41, 5.74) is 0.817. The zero-order valence-electron chi connectivity index (χ0n) is 13.3. The maximum absolute atomic E-state index is 11.9. The topological polar surface area (TPSA) is 51.2 Å². The Bertz CT molecular complexity index is 450. The normalized spacial score (nSPS) is 16.3.